The molecule has 1 heterocycles. The van der Waals surface area contributed by atoms with Crippen molar-refractivity contribution in [2.24, 2.45) is 5.92 Å². The summed E-state index contributed by atoms with van der Waals surface area (Å²) in [6.45, 7) is 8.96. The average Bonchev–Trinajstić information content (AvgIpc) is 3.08. The highest BCUT2D eigenvalue weighted by Gasteiger charge is 2.58. The van der Waals surface area contributed by atoms with Gasteiger partial charge in [0.1, 0.15) is 0 Å². The normalized spacial score (nSPS) is 24.7. The van der Waals surface area contributed by atoms with Crippen LogP contribution in [0.25, 0.3) is 0 Å². The molecule has 0 aromatic carbocycles. The van der Waals surface area contributed by atoms with Gasteiger partial charge in [-0.3, -0.25) is 10.1 Å². The summed E-state index contributed by atoms with van der Waals surface area (Å²) in [4.78, 5) is 14.5. The van der Waals surface area contributed by atoms with Gasteiger partial charge in [-0.05, 0) is 38.0 Å². The van der Waals surface area contributed by atoms with Crippen molar-refractivity contribution >= 4 is 5.91 Å². The van der Waals surface area contributed by atoms with E-state index in [-0.39, 0.29) is 11.7 Å². The lowest BCUT2D eigenvalue weighted by molar-refractivity contribution is -0.131. The molecule has 1 saturated heterocycles. The number of amides is 1. The van der Waals surface area contributed by atoms with Crippen molar-refractivity contribution < 1.29 is 9.53 Å². The number of carbonyl (C=O) groups excluding carboxylic acids is 1. The SMILES string of the molecule is CCCOCCCN1C(=O)C2(CC2)NC1CC(C)C. The maximum absolute atomic E-state index is 12.4. The molecule has 1 aliphatic heterocycles. The molecule has 1 unspecified atom stereocenters. The molecule has 4 nitrogen and oxygen atoms in total. The van der Waals surface area contributed by atoms with Crippen molar-refractivity contribution in [2.75, 3.05) is 19.8 Å². The van der Waals surface area contributed by atoms with Gasteiger partial charge in [0.25, 0.3) is 0 Å². The lowest BCUT2D eigenvalue weighted by atomic mass is 10.1. The van der Waals surface area contributed by atoms with Crippen LogP contribution in [-0.2, 0) is 9.53 Å². The third-order valence-electron chi connectivity index (χ3n) is 3.97. The Kier molecular flexibility index (Phi) is 4.85. The molecule has 4 heteroatoms. The molecular formula is C15H28N2O2. The average molecular weight is 268 g/mol. The zero-order valence-electron chi connectivity index (χ0n) is 12.6. The Balaban J connectivity index is 1.82. The predicted octanol–water partition coefficient (Wildman–Crippen LogP) is 2.14. The summed E-state index contributed by atoms with van der Waals surface area (Å²) in [5.41, 5.74) is -0.177. The fraction of sp³-hybridized carbons (Fsp3) is 0.933. The lowest BCUT2D eigenvalue weighted by Gasteiger charge is -2.25. The van der Waals surface area contributed by atoms with Crippen LogP contribution in [0.2, 0.25) is 0 Å². The number of carbonyl (C=O) groups is 1. The quantitative estimate of drug-likeness (QED) is 0.686. The van der Waals surface area contributed by atoms with Crippen LogP contribution in [0.4, 0.5) is 0 Å². The van der Waals surface area contributed by atoms with Gasteiger partial charge in [-0.25, -0.2) is 0 Å². The van der Waals surface area contributed by atoms with Gasteiger partial charge in [-0.1, -0.05) is 20.8 Å². The van der Waals surface area contributed by atoms with Crippen molar-refractivity contribution in [1.29, 1.82) is 0 Å². The summed E-state index contributed by atoms with van der Waals surface area (Å²) in [5.74, 6) is 0.937. The number of nitrogens with one attached hydrogen (secondary N) is 1. The van der Waals surface area contributed by atoms with Gasteiger partial charge >= 0.3 is 0 Å². The topological polar surface area (TPSA) is 41.6 Å². The highest BCUT2D eigenvalue weighted by Crippen LogP contribution is 2.43. The summed E-state index contributed by atoms with van der Waals surface area (Å²) in [5, 5.41) is 3.56. The first-order valence-corrected chi connectivity index (χ1v) is 7.75. The van der Waals surface area contributed by atoms with Crippen LogP contribution in [0.15, 0.2) is 0 Å². The van der Waals surface area contributed by atoms with Gasteiger partial charge in [0.2, 0.25) is 5.91 Å². The number of nitrogens with zero attached hydrogens (tertiary/aromatic N) is 1. The molecule has 2 aliphatic rings. The zero-order valence-corrected chi connectivity index (χ0v) is 12.6. The Morgan fingerprint density at radius 3 is 2.74 bits per heavy atom. The van der Waals surface area contributed by atoms with Gasteiger partial charge in [0.05, 0.1) is 11.7 Å². The molecular weight excluding hydrogens is 240 g/mol. The fourth-order valence-corrected chi connectivity index (χ4v) is 2.83. The lowest BCUT2D eigenvalue weighted by Crippen LogP contribution is -2.39. The van der Waals surface area contributed by atoms with Crippen LogP contribution in [0, 0.1) is 5.92 Å². The van der Waals surface area contributed by atoms with Crippen LogP contribution in [0.3, 0.4) is 0 Å². The van der Waals surface area contributed by atoms with Crippen molar-refractivity contribution in [3.63, 3.8) is 0 Å². The number of rotatable bonds is 8. The van der Waals surface area contributed by atoms with Gasteiger partial charge in [0, 0.05) is 19.8 Å². The Bertz CT molecular complexity index is 313. The molecule has 0 radical (unpaired) electrons. The van der Waals surface area contributed by atoms with Crippen molar-refractivity contribution in [2.45, 2.75) is 64.6 Å². The molecule has 19 heavy (non-hydrogen) atoms. The molecule has 1 N–H and O–H groups in total. The first kappa shape index (κ1) is 14.8. The third-order valence-corrected chi connectivity index (χ3v) is 3.97. The molecule has 1 atom stereocenters. The van der Waals surface area contributed by atoms with Crippen molar-refractivity contribution in [3.05, 3.63) is 0 Å². The van der Waals surface area contributed by atoms with E-state index in [2.05, 4.69) is 31.0 Å². The Hall–Kier alpha value is -0.610. The van der Waals surface area contributed by atoms with Crippen LogP contribution >= 0.6 is 0 Å². The molecule has 1 spiro atoms. The second-order valence-corrected chi connectivity index (χ2v) is 6.34. The Morgan fingerprint density at radius 1 is 1.42 bits per heavy atom. The summed E-state index contributed by atoms with van der Waals surface area (Å²) < 4.78 is 5.50. The van der Waals surface area contributed by atoms with E-state index in [1.165, 1.54) is 0 Å². The molecule has 0 aromatic rings. The summed E-state index contributed by atoms with van der Waals surface area (Å²) in [7, 11) is 0. The number of hydrogen-bond acceptors (Lipinski definition) is 3. The van der Waals surface area contributed by atoms with E-state index in [9.17, 15) is 4.79 Å². The summed E-state index contributed by atoms with van der Waals surface area (Å²) >= 11 is 0. The second kappa shape index (κ2) is 6.23. The standard InChI is InChI=1S/C15H28N2O2/c1-4-9-19-10-5-8-17-13(11-12(2)3)16-15(6-7-15)14(17)18/h12-13,16H,4-11H2,1-3H3. The first-order valence-electron chi connectivity index (χ1n) is 7.75. The third kappa shape index (κ3) is 3.48. The molecule has 1 aliphatic carbocycles. The highest BCUT2D eigenvalue weighted by molar-refractivity contribution is 5.91. The molecule has 110 valence electrons. The Labute approximate surface area is 116 Å². The van der Waals surface area contributed by atoms with Gasteiger partial charge in [-0.2, -0.15) is 0 Å². The molecule has 0 bridgehead atoms. The molecule has 0 aromatic heterocycles. The minimum atomic E-state index is -0.177. The molecule has 1 amide bonds. The van der Waals surface area contributed by atoms with E-state index in [1.54, 1.807) is 0 Å². The number of ether oxygens (including phenoxy) is 1. The van der Waals surface area contributed by atoms with E-state index < -0.39 is 0 Å². The van der Waals surface area contributed by atoms with E-state index in [4.69, 9.17) is 4.74 Å². The molecule has 2 fully saturated rings. The number of hydrogen-bond donors (Lipinski definition) is 1. The van der Waals surface area contributed by atoms with Crippen LogP contribution in [0.1, 0.15) is 52.9 Å². The zero-order chi connectivity index (χ0) is 13.9. The Morgan fingerprint density at radius 2 is 2.16 bits per heavy atom. The molecule has 2 rings (SSSR count). The highest BCUT2D eigenvalue weighted by atomic mass is 16.5. The van der Waals surface area contributed by atoms with E-state index in [0.29, 0.717) is 11.8 Å². The maximum atomic E-state index is 12.4. The van der Waals surface area contributed by atoms with E-state index in [1.807, 2.05) is 0 Å². The first-order chi connectivity index (χ1) is 9.09. The minimum absolute atomic E-state index is 0.177. The van der Waals surface area contributed by atoms with Gasteiger partial charge in [-0.15, -0.1) is 0 Å². The summed E-state index contributed by atoms with van der Waals surface area (Å²) in [6.07, 6.45) is 5.32. The molecule has 1 saturated carbocycles. The van der Waals surface area contributed by atoms with Gasteiger partial charge in [0.15, 0.2) is 0 Å². The van der Waals surface area contributed by atoms with E-state index in [0.717, 1.165) is 51.9 Å². The van der Waals surface area contributed by atoms with Gasteiger partial charge < -0.3 is 9.64 Å². The van der Waals surface area contributed by atoms with Crippen LogP contribution in [-0.4, -0.2) is 42.3 Å². The minimum Gasteiger partial charge on any atom is -0.381 e. The largest absolute Gasteiger partial charge is 0.381 e. The maximum Gasteiger partial charge on any atom is 0.244 e. The fourth-order valence-electron chi connectivity index (χ4n) is 2.83. The van der Waals surface area contributed by atoms with Crippen molar-refractivity contribution in [3.8, 4) is 0 Å². The predicted molar refractivity (Wildman–Crippen MR) is 75.8 cm³/mol. The van der Waals surface area contributed by atoms with Crippen LogP contribution < -0.4 is 5.32 Å². The van der Waals surface area contributed by atoms with Crippen molar-refractivity contribution in [1.82, 2.24) is 10.2 Å². The smallest absolute Gasteiger partial charge is 0.244 e. The summed E-state index contributed by atoms with van der Waals surface area (Å²) in [6, 6.07) is 0. The van der Waals surface area contributed by atoms with Crippen LogP contribution in [0.5, 0.6) is 0 Å². The monoisotopic (exact) mass is 268 g/mol. The van der Waals surface area contributed by atoms with E-state index >= 15 is 0 Å². The second-order valence-electron chi connectivity index (χ2n) is 6.34.